The van der Waals surface area contributed by atoms with Gasteiger partial charge in [0.2, 0.25) is 5.89 Å². The zero-order valence-electron chi connectivity index (χ0n) is 11.9. The number of benzene rings is 1. The van der Waals surface area contributed by atoms with Crippen LogP contribution in [0.15, 0.2) is 33.4 Å². The van der Waals surface area contributed by atoms with Gasteiger partial charge in [0.15, 0.2) is 4.67 Å². The number of aromatic nitrogens is 1. The van der Waals surface area contributed by atoms with Gasteiger partial charge in [-0.25, -0.2) is 4.98 Å². The minimum atomic E-state index is -4.34. The molecule has 0 aliphatic rings. The van der Waals surface area contributed by atoms with E-state index in [0.717, 1.165) is 18.6 Å². The first-order valence-corrected chi connectivity index (χ1v) is 8.37. The summed E-state index contributed by atoms with van der Waals surface area (Å²) in [5.74, 6) is 0.972. The summed E-state index contributed by atoms with van der Waals surface area (Å²) in [6.45, 7) is 4.17. The Morgan fingerprint density at radius 1 is 1.18 bits per heavy atom. The van der Waals surface area contributed by atoms with Crippen molar-refractivity contribution < 1.29 is 17.6 Å². The summed E-state index contributed by atoms with van der Waals surface area (Å²) in [5, 5.41) is 0. The number of alkyl halides is 4. The Bertz CT molecular complexity index is 635. The molecule has 0 saturated heterocycles. The van der Waals surface area contributed by atoms with Crippen LogP contribution in [-0.2, 0) is 6.18 Å². The zero-order valence-corrected chi connectivity index (χ0v) is 15.1. The van der Waals surface area contributed by atoms with Gasteiger partial charge in [0.05, 0.1) is 10.4 Å². The summed E-state index contributed by atoms with van der Waals surface area (Å²) in [7, 11) is 0. The molecule has 0 bridgehead atoms. The second kappa shape index (κ2) is 6.74. The highest BCUT2D eigenvalue weighted by Gasteiger charge is 2.30. The molecule has 0 aliphatic heterocycles. The summed E-state index contributed by atoms with van der Waals surface area (Å²) in [5.41, 5.74) is 0.380. The molecule has 1 heterocycles. The lowest BCUT2D eigenvalue weighted by molar-refractivity contribution is -0.137. The van der Waals surface area contributed by atoms with Crippen LogP contribution in [0.25, 0.3) is 11.3 Å². The van der Waals surface area contributed by atoms with E-state index >= 15 is 0 Å². The fraction of sp³-hybridized carbons (Fsp3) is 0.400. The van der Waals surface area contributed by atoms with Gasteiger partial charge in [-0.15, -0.1) is 0 Å². The Balaban J connectivity index is 2.28. The average molecular weight is 441 g/mol. The van der Waals surface area contributed by atoms with Gasteiger partial charge in [-0.05, 0) is 40.4 Å². The summed E-state index contributed by atoms with van der Waals surface area (Å²) >= 11 is 6.79. The van der Waals surface area contributed by atoms with Gasteiger partial charge in [0.1, 0.15) is 5.69 Å². The first-order chi connectivity index (χ1) is 10.2. The lowest BCUT2D eigenvalue weighted by Gasteiger charge is -2.07. The quantitative estimate of drug-likeness (QED) is 0.500. The standard InChI is InChI=1S/C15H14Br2F3NO/c1-8(2)7-11(16)14-21-12(13(17)22-14)9-3-5-10(6-4-9)15(18,19)20/h3-6,8,11H,7H2,1-2H3. The molecule has 0 aliphatic carbocycles. The third-order valence-corrected chi connectivity index (χ3v) is 4.34. The summed E-state index contributed by atoms with van der Waals surface area (Å²) in [6, 6.07) is 4.85. The molecule has 22 heavy (non-hydrogen) atoms. The van der Waals surface area contributed by atoms with Crippen LogP contribution < -0.4 is 0 Å². The fourth-order valence-electron chi connectivity index (χ4n) is 1.96. The van der Waals surface area contributed by atoms with E-state index in [1.165, 1.54) is 12.1 Å². The fourth-order valence-corrected chi connectivity index (χ4v) is 3.39. The van der Waals surface area contributed by atoms with E-state index in [0.29, 0.717) is 27.7 Å². The smallest absolute Gasteiger partial charge is 0.416 e. The topological polar surface area (TPSA) is 26.0 Å². The number of rotatable bonds is 4. The van der Waals surface area contributed by atoms with Crippen molar-refractivity contribution in [3.8, 4) is 11.3 Å². The molecule has 0 amide bonds. The van der Waals surface area contributed by atoms with Crippen LogP contribution in [0.1, 0.15) is 36.5 Å². The number of nitrogens with zero attached hydrogens (tertiary/aromatic N) is 1. The summed E-state index contributed by atoms with van der Waals surface area (Å²) in [6.07, 6.45) is -3.50. The predicted molar refractivity (Wildman–Crippen MR) is 85.8 cm³/mol. The molecule has 0 fully saturated rings. The second-order valence-corrected chi connectivity index (χ2v) is 7.17. The van der Waals surface area contributed by atoms with Crippen LogP contribution in [-0.4, -0.2) is 4.98 Å². The van der Waals surface area contributed by atoms with Crippen molar-refractivity contribution in [3.63, 3.8) is 0 Å². The molecule has 1 aromatic heterocycles. The first kappa shape index (κ1) is 17.5. The van der Waals surface area contributed by atoms with Crippen molar-refractivity contribution in [2.45, 2.75) is 31.3 Å². The van der Waals surface area contributed by atoms with Gasteiger partial charge >= 0.3 is 6.18 Å². The molecule has 2 nitrogen and oxygen atoms in total. The van der Waals surface area contributed by atoms with Crippen molar-refractivity contribution in [1.29, 1.82) is 0 Å². The van der Waals surface area contributed by atoms with Crippen molar-refractivity contribution in [3.05, 3.63) is 40.4 Å². The van der Waals surface area contributed by atoms with E-state index in [9.17, 15) is 13.2 Å². The molecular weight excluding hydrogens is 427 g/mol. The molecule has 1 unspecified atom stereocenters. The Kier molecular flexibility index (Phi) is 5.37. The van der Waals surface area contributed by atoms with Crippen LogP contribution in [0.3, 0.4) is 0 Å². The number of hydrogen-bond acceptors (Lipinski definition) is 2. The highest BCUT2D eigenvalue weighted by atomic mass is 79.9. The lowest BCUT2D eigenvalue weighted by atomic mass is 10.1. The molecule has 0 N–H and O–H groups in total. The molecule has 0 radical (unpaired) electrons. The van der Waals surface area contributed by atoms with Crippen LogP contribution in [0.4, 0.5) is 13.2 Å². The van der Waals surface area contributed by atoms with Crippen LogP contribution in [0.5, 0.6) is 0 Å². The number of halogens is 5. The van der Waals surface area contributed by atoms with E-state index in [2.05, 4.69) is 50.7 Å². The zero-order chi connectivity index (χ0) is 16.5. The molecule has 1 aromatic carbocycles. The minimum Gasteiger partial charge on any atom is -0.432 e. The maximum absolute atomic E-state index is 12.6. The maximum atomic E-state index is 12.6. The predicted octanol–water partition coefficient (Wildman–Crippen LogP) is 6.61. The van der Waals surface area contributed by atoms with Crippen molar-refractivity contribution >= 4 is 31.9 Å². The van der Waals surface area contributed by atoms with Gasteiger partial charge in [0.25, 0.3) is 0 Å². The van der Waals surface area contributed by atoms with E-state index in [1.807, 2.05) is 0 Å². The molecular formula is C15H14Br2F3NO. The first-order valence-electron chi connectivity index (χ1n) is 6.66. The van der Waals surface area contributed by atoms with Gasteiger partial charge in [-0.3, -0.25) is 0 Å². The van der Waals surface area contributed by atoms with Crippen LogP contribution in [0, 0.1) is 5.92 Å². The van der Waals surface area contributed by atoms with Crippen LogP contribution >= 0.6 is 31.9 Å². The number of hydrogen-bond donors (Lipinski definition) is 0. The van der Waals surface area contributed by atoms with Crippen molar-refractivity contribution in [2.75, 3.05) is 0 Å². The number of oxazole rings is 1. The highest BCUT2D eigenvalue weighted by molar-refractivity contribution is 9.10. The molecule has 1 atom stereocenters. The molecule has 120 valence electrons. The van der Waals surface area contributed by atoms with E-state index in [1.54, 1.807) is 0 Å². The summed E-state index contributed by atoms with van der Waals surface area (Å²) in [4.78, 5) is 4.35. The summed E-state index contributed by atoms with van der Waals surface area (Å²) < 4.78 is 43.7. The van der Waals surface area contributed by atoms with Crippen LogP contribution in [0.2, 0.25) is 0 Å². The SMILES string of the molecule is CC(C)CC(Br)c1nc(-c2ccc(C(F)(F)F)cc2)c(Br)o1. The Morgan fingerprint density at radius 2 is 1.77 bits per heavy atom. The molecule has 0 spiro atoms. The Labute approximate surface area is 143 Å². The Morgan fingerprint density at radius 3 is 2.27 bits per heavy atom. The molecule has 7 heteroatoms. The van der Waals surface area contributed by atoms with E-state index in [-0.39, 0.29) is 4.83 Å². The van der Waals surface area contributed by atoms with Gasteiger partial charge in [-0.2, -0.15) is 13.2 Å². The Hall–Kier alpha value is -0.820. The largest absolute Gasteiger partial charge is 0.432 e. The maximum Gasteiger partial charge on any atom is 0.416 e. The lowest BCUT2D eigenvalue weighted by Crippen LogP contribution is -2.04. The van der Waals surface area contributed by atoms with Gasteiger partial charge < -0.3 is 4.42 Å². The molecule has 0 saturated carbocycles. The molecule has 2 rings (SSSR count). The van der Waals surface area contributed by atoms with Gasteiger partial charge in [-0.1, -0.05) is 41.9 Å². The third-order valence-electron chi connectivity index (χ3n) is 3.03. The normalized spacial score (nSPS) is 13.6. The molecule has 2 aromatic rings. The van der Waals surface area contributed by atoms with Crippen molar-refractivity contribution in [1.82, 2.24) is 4.98 Å². The van der Waals surface area contributed by atoms with Gasteiger partial charge in [0, 0.05) is 5.56 Å². The van der Waals surface area contributed by atoms with E-state index in [4.69, 9.17) is 4.42 Å². The van der Waals surface area contributed by atoms with Crippen molar-refractivity contribution in [2.24, 2.45) is 5.92 Å². The highest BCUT2D eigenvalue weighted by Crippen LogP contribution is 2.37. The van der Waals surface area contributed by atoms with E-state index < -0.39 is 11.7 Å². The average Bonchev–Trinajstić information content (AvgIpc) is 2.79. The minimum absolute atomic E-state index is 0.0352. The second-order valence-electron chi connectivity index (χ2n) is 5.35. The monoisotopic (exact) mass is 439 g/mol. The third kappa shape index (κ3) is 4.13.